The minimum Gasteiger partial charge on any atom is -0.355 e. The van der Waals surface area contributed by atoms with Gasteiger partial charge in [-0.3, -0.25) is 9.10 Å². The summed E-state index contributed by atoms with van der Waals surface area (Å²) in [5.41, 5.74) is 3.09. The number of likely N-dealkylation sites (N-methyl/N-ethyl adjacent to an activating group) is 1. The first kappa shape index (κ1) is 15.6. The molecule has 0 aliphatic carbocycles. The summed E-state index contributed by atoms with van der Waals surface area (Å²) in [6.07, 6.45) is 0. The van der Waals surface area contributed by atoms with Gasteiger partial charge in [0.05, 0.1) is 10.6 Å². The zero-order valence-corrected chi connectivity index (χ0v) is 13.9. The van der Waals surface area contributed by atoms with Gasteiger partial charge in [-0.15, -0.1) is 0 Å². The van der Waals surface area contributed by atoms with E-state index < -0.39 is 10.0 Å². The number of carbonyl (C=O) groups excluding carboxylic acids is 1. The highest BCUT2D eigenvalue weighted by Gasteiger charge is 2.35. The van der Waals surface area contributed by atoms with Crippen molar-refractivity contribution in [3.05, 3.63) is 48.0 Å². The molecular weight excluding hydrogens is 312 g/mol. The first-order valence-electron chi connectivity index (χ1n) is 7.44. The lowest BCUT2D eigenvalue weighted by atomic mass is 10.0. The fourth-order valence-electron chi connectivity index (χ4n) is 2.80. The third-order valence-electron chi connectivity index (χ3n) is 3.83. The molecule has 1 aliphatic heterocycles. The lowest BCUT2D eigenvalue weighted by Crippen LogP contribution is -2.42. The minimum absolute atomic E-state index is 0.222. The molecule has 0 atom stereocenters. The molecular formula is C17H18N2O3S. The molecule has 5 nitrogen and oxygen atoms in total. The van der Waals surface area contributed by atoms with Crippen molar-refractivity contribution in [3.8, 4) is 11.1 Å². The number of benzene rings is 2. The van der Waals surface area contributed by atoms with Crippen LogP contribution < -0.4 is 9.62 Å². The zero-order valence-electron chi connectivity index (χ0n) is 13.0. The van der Waals surface area contributed by atoms with E-state index in [1.165, 1.54) is 4.31 Å². The van der Waals surface area contributed by atoms with Crippen LogP contribution in [0.4, 0.5) is 5.69 Å². The molecule has 0 bridgehead atoms. The molecule has 1 aliphatic rings. The Kier molecular flexibility index (Phi) is 3.85. The van der Waals surface area contributed by atoms with Gasteiger partial charge in [-0.2, -0.15) is 0 Å². The van der Waals surface area contributed by atoms with E-state index in [1.807, 2.05) is 25.1 Å². The summed E-state index contributed by atoms with van der Waals surface area (Å²) in [6, 6.07) is 12.5. The summed E-state index contributed by atoms with van der Waals surface area (Å²) < 4.78 is 27.1. The highest BCUT2D eigenvalue weighted by molar-refractivity contribution is 7.93. The predicted octanol–water partition coefficient (Wildman–Crippen LogP) is 2.31. The molecule has 2 aromatic carbocycles. The van der Waals surface area contributed by atoms with Gasteiger partial charge in [0.1, 0.15) is 6.54 Å². The second-order valence-corrected chi connectivity index (χ2v) is 7.31. The number of hydrogen-bond acceptors (Lipinski definition) is 3. The molecule has 0 radical (unpaired) electrons. The van der Waals surface area contributed by atoms with E-state index in [-0.39, 0.29) is 17.3 Å². The van der Waals surface area contributed by atoms with Crippen LogP contribution in [-0.4, -0.2) is 27.4 Å². The van der Waals surface area contributed by atoms with Gasteiger partial charge in [0.2, 0.25) is 5.91 Å². The minimum atomic E-state index is -3.75. The topological polar surface area (TPSA) is 66.5 Å². The number of fused-ring (bicyclic) bond motifs is 3. The van der Waals surface area contributed by atoms with Gasteiger partial charge < -0.3 is 5.32 Å². The van der Waals surface area contributed by atoms with Crippen LogP contribution in [0.2, 0.25) is 0 Å². The molecule has 0 unspecified atom stereocenters. The third kappa shape index (κ3) is 2.59. The summed E-state index contributed by atoms with van der Waals surface area (Å²) in [5, 5.41) is 2.65. The Morgan fingerprint density at radius 1 is 1.13 bits per heavy atom. The zero-order chi connectivity index (χ0) is 16.6. The summed E-state index contributed by atoms with van der Waals surface area (Å²) in [7, 11) is -3.75. The number of amides is 1. The Hall–Kier alpha value is -2.34. The van der Waals surface area contributed by atoms with Crippen LogP contribution in [-0.2, 0) is 14.8 Å². The molecule has 23 heavy (non-hydrogen) atoms. The Labute approximate surface area is 136 Å². The number of nitrogens with zero attached hydrogens (tertiary/aromatic N) is 1. The standard InChI is InChI=1S/C17H18N2O3S/c1-3-18-17(20)11-19-15-9-8-12(2)10-14(15)13-6-4-5-7-16(13)23(19,21)22/h4-10H,3,11H2,1-2H3,(H,18,20). The average Bonchev–Trinajstić information content (AvgIpc) is 2.52. The molecule has 1 N–H and O–H groups in total. The summed E-state index contributed by atoms with van der Waals surface area (Å²) in [6.45, 7) is 4.00. The van der Waals surface area contributed by atoms with Crippen LogP contribution in [0, 0.1) is 6.92 Å². The molecule has 2 aromatic rings. The molecule has 1 amide bonds. The maximum absolute atomic E-state index is 12.9. The molecule has 0 saturated heterocycles. The largest absolute Gasteiger partial charge is 0.355 e. The van der Waals surface area contributed by atoms with Gasteiger partial charge >= 0.3 is 0 Å². The second-order valence-electron chi connectivity index (χ2n) is 5.48. The van der Waals surface area contributed by atoms with Gasteiger partial charge in [0, 0.05) is 17.7 Å². The second kappa shape index (κ2) is 5.70. The molecule has 6 heteroatoms. The number of nitrogens with one attached hydrogen (secondary N) is 1. The van der Waals surface area contributed by atoms with Gasteiger partial charge in [0.25, 0.3) is 10.0 Å². The van der Waals surface area contributed by atoms with Gasteiger partial charge in [-0.1, -0.05) is 29.8 Å². The molecule has 1 heterocycles. The molecule has 0 saturated carbocycles. The fraction of sp³-hybridized carbons (Fsp3) is 0.235. The van der Waals surface area contributed by atoms with Crippen molar-refractivity contribution in [2.45, 2.75) is 18.7 Å². The van der Waals surface area contributed by atoms with Crippen LogP contribution in [0.25, 0.3) is 11.1 Å². The molecule has 120 valence electrons. The highest BCUT2D eigenvalue weighted by Crippen LogP contribution is 2.43. The smallest absolute Gasteiger partial charge is 0.265 e. The Bertz CT molecular complexity index is 875. The monoisotopic (exact) mass is 330 g/mol. The summed E-state index contributed by atoms with van der Waals surface area (Å²) >= 11 is 0. The number of anilines is 1. The normalized spacial score (nSPS) is 14.8. The maximum atomic E-state index is 12.9. The maximum Gasteiger partial charge on any atom is 0.265 e. The van der Waals surface area contributed by atoms with E-state index >= 15 is 0 Å². The lowest BCUT2D eigenvalue weighted by molar-refractivity contribution is -0.119. The highest BCUT2D eigenvalue weighted by atomic mass is 32.2. The Morgan fingerprint density at radius 3 is 2.61 bits per heavy atom. The SMILES string of the molecule is CCNC(=O)CN1c2ccc(C)cc2-c2ccccc2S1(=O)=O. The first-order valence-corrected chi connectivity index (χ1v) is 8.88. The van der Waals surface area contributed by atoms with Crippen molar-refractivity contribution in [3.63, 3.8) is 0 Å². The predicted molar refractivity (Wildman–Crippen MR) is 89.8 cm³/mol. The molecule has 0 spiro atoms. The van der Waals surface area contributed by atoms with Crippen LogP contribution in [0.3, 0.4) is 0 Å². The number of hydrogen-bond donors (Lipinski definition) is 1. The van der Waals surface area contributed by atoms with Crippen molar-refractivity contribution >= 4 is 21.6 Å². The van der Waals surface area contributed by atoms with Crippen LogP contribution in [0.15, 0.2) is 47.4 Å². The third-order valence-corrected chi connectivity index (χ3v) is 5.65. The van der Waals surface area contributed by atoms with Crippen molar-refractivity contribution < 1.29 is 13.2 Å². The van der Waals surface area contributed by atoms with Crippen molar-refractivity contribution in [2.24, 2.45) is 0 Å². The number of rotatable bonds is 3. The van der Waals surface area contributed by atoms with Crippen molar-refractivity contribution in [1.82, 2.24) is 5.32 Å². The first-order chi connectivity index (χ1) is 10.9. The van der Waals surface area contributed by atoms with E-state index in [4.69, 9.17) is 0 Å². The fourth-order valence-corrected chi connectivity index (χ4v) is 4.45. The number of carbonyl (C=O) groups is 1. The van der Waals surface area contributed by atoms with E-state index in [1.54, 1.807) is 31.2 Å². The summed E-state index contributed by atoms with van der Waals surface area (Å²) in [4.78, 5) is 12.2. The van der Waals surface area contributed by atoms with E-state index in [0.717, 1.165) is 11.1 Å². The Morgan fingerprint density at radius 2 is 1.87 bits per heavy atom. The average molecular weight is 330 g/mol. The molecule has 3 rings (SSSR count). The van der Waals surface area contributed by atoms with Gasteiger partial charge in [0.15, 0.2) is 0 Å². The van der Waals surface area contributed by atoms with E-state index in [0.29, 0.717) is 17.8 Å². The van der Waals surface area contributed by atoms with Gasteiger partial charge in [-0.05, 0) is 32.0 Å². The van der Waals surface area contributed by atoms with Crippen molar-refractivity contribution in [2.75, 3.05) is 17.4 Å². The van der Waals surface area contributed by atoms with Crippen LogP contribution in [0.5, 0.6) is 0 Å². The lowest BCUT2D eigenvalue weighted by Gasteiger charge is -2.31. The Balaban J connectivity index is 2.21. The van der Waals surface area contributed by atoms with Crippen LogP contribution >= 0.6 is 0 Å². The molecule has 0 fully saturated rings. The van der Waals surface area contributed by atoms with Crippen LogP contribution in [0.1, 0.15) is 12.5 Å². The summed E-state index contributed by atoms with van der Waals surface area (Å²) in [5.74, 6) is -0.318. The van der Waals surface area contributed by atoms with Crippen molar-refractivity contribution in [1.29, 1.82) is 0 Å². The van der Waals surface area contributed by atoms with Gasteiger partial charge in [-0.25, -0.2) is 8.42 Å². The van der Waals surface area contributed by atoms with E-state index in [9.17, 15) is 13.2 Å². The number of sulfonamides is 1. The quantitative estimate of drug-likeness (QED) is 0.939. The molecule has 0 aromatic heterocycles. The number of aryl methyl sites for hydroxylation is 1. The van der Waals surface area contributed by atoms with E-state index in [2.05, 4.69) is 5.32 Å².